The van der Waals surface area contributed by atoms with Gasteiger partial charge in [0, 0.05) is 35.1 Å². The van der Waals surface area contributed by atoms with Crippen LogP contribution in [0.4, 0.5) is 16.0 Å². The number of benzene rings is 1. The first-order chi connectivity index (χ1) is 14.1. The Morgan fingerprint density at radius 2 is 2.17 bits per heavy atom. The van der Waals surface area contributed by atoms with Gasteiger partial charge in [-0.15, -0.1) is 0 Å². The molecule has 2 heterocycles. The number of nitrogens with zero attached hydrogens (tertiary/aromatic N) is 3. The average Bonchev–Trinajstić information content (AvgIpc) is 2.75. The fourth-order valence-corrected chi connectivity index (χ4v) is 3.84. The average molecular weight is 390 g/mol. The van der Waals surface area contributed by atoms with E-state index < -0.39 is 5.82 Å². The van der Waals surface area contributed by atoms with E-state index in [1.54, 1.807) is 0 Å². The first kappa shape index (κ1) is 19.1. The first-order valence-corrected chi connectivity index (χ1v) is 9.82. The minimum Gasteiger partial charge on any atom is -0.351 e. The molecule has 1 aliphatic carbocycles. The van der Waals surface area contributed by atoms with E-state index in [0.717, 1.165) is 43.4 Å². The Morgan fingerprint density at radius 1 is 1.28 bits per heavy atom. The van der Waals surface area contributed by atoms with Crippen LogP contribution in [0.1, 0.15) is 25.7 Å². The van der Waals surface area contributed by atoms with Gasteiger partial charge in [0.1, 0.15) is 12.0 Å². The number of hydrogen-bond donors (Lipinski definition) is 1. The molecule has 1 N–H and O–H groups in total. The summed E-state index contributed by atoms with van der Waals surface area (Å²) in [5.74, 6) is -0.0267. The Kier molecular flexibility index (Phi) is 5.51. The van der Waals surface area contributed by atoms with Gasteiger partial charge < -0.3 is 15.0 Å². The topological polar surface area (TPSA) is 58.1 Å². The van der Waals surface area contributed by atoms with Gasteiger partial charge in [0.2, 0.25) is 5.95 Å². The molecule has 0 spiro atoms. The maximum Gasteiger partial charge on any atom is 0.223 e. The number of allylic oxidation sites excluding steroid dienone is 3. The monoisotopic (exact) mass is 390 g/mol. The molecule has 1 fully saturated rings. The van der Waals surface area contributed by atoms with Gasteiger partial charge in [0.15, 0.2) is 5.82 Å². The van der Waals surface area contributed by atoms with Crippen LogP contribution in [0.2, 0.25) is 0 Å². The predicted octanol–water partition coefficient (Wildman–Crippen LogP) is 4.86. The molecule has 0 radical (unpaired) electrons. The van der Waals surface area contributed by atoms with Crippen LogP contribution in [0.15, 0.2) is 67.2 Å². The Balaban J connectivity index is 1.59. The molecular formula is C23H23FN4O. The Labute approximate surface area is 169 Å². The highest BCUT2D eigenvalue weighted by Gasteiger charge is 2.22. The van der Waals surface area contributed by atoms with Crippen molar-refractivity contribution in [3.05, 3.63) is 73.0 Å². The molecule has 29 heavy (non-hydrogen) atoms. The number of nitrogens with one attached hydrogen (secondary N) is 1. The summed E-state index contributed by atoms with van der Waals surface area (Å²) < 4.78 is 14.5. The SMILES string of the molecule is C=C1C=CC=CN1c1cccc(-c2nc(NC3CCCC(C=O)C3)ncc2F)c1. The molecule has 1 aromatic heterocycles. The summed E-state index contributed by atoms with van der Waals surface area (Å²) in [6.45, 7) is 4.04. The van der Waals surface area contributed by atoms with Gasteiger partial charge in [-0.3, -0.25) is 0 Å². The van der Waals surface area contributed by atoms with Crippen LogP contribution in [0, 0.1) is 11.7 Å². The molecule has 1 saturated carbocycles. The van der Waals surface area contributed by atoms with Gasteiger partial charge in [-0.05, 0) is 43.5 Å². The van der Waals surface area contributed by atoms with Crippen LogP contribution >= 0.6 is 0 Å². The molecule has 5 nitrogen and oxygen atoms in total. The van der Waals surface area contributed by atoms with Crippen molar-refractivity contribution >= 4 is 17.9 Å². The molecule has 148 valence electrons. The van der Waals surface area contributed by atoms with Gasteiger partial charge in [0.25, 0.3) is 0 Å². The number of hydrogen-bond acceptors (Lipinski definition) is 5. The van der Waals surface area contributed by atoms with Crippen molar-refractivity contribution in [2.45, 2.75) is 31.7 Å². The summed E-state index contributed by atoms with van der Waals surface area (Å²) in [7, 11) is 0. The maximum atomic E-state index is 14.5. The summed E-state index contributed by atoms with van der Waals surface area (Å²) in [6.07, 6.45) is 13.5. The molecule has 0 amide bonds. The third-order valence-corrected chi connectivity index (χ3v) is 5.33. The van der Waals surface area contributed by atoms with E-state index in [0.29, 0.717) is 11.5 Å². The highest BCUT2D eigenvalue weighted by Crippen LogP contribution is 2.30. The van der Waals surface area contributed by atoms with E-state index in [2.05, 4.69) is 21.9 Å². The molecule has 2 atom stereocenters. The van der Waals surface area contributed by atoms with Gasteiger partial charge in [-0.25, -0.2) is 14.4 Å². The fourth-order valence-electron chi connectivity index (χ4n) is 3.84. The molecule has 0 bridgehead atoms. The van der Waals surface area contributed by atoms with Crippen molar-refractivity contribution < 1.29 is 9.18 Å². The van der Waals surface area contributed by atoms with Gasteiger partial charge in [-0.1, -0.05) is 31.2 Å². The van der Waals surface area contributed by atoms with Crippen LogP contribution in [0.5, 0.6) is 0 Å². The van der Waals surface area contributed by atoms with Crippen molar-refractivity contribution in [3.8, 4) is 11.3 Å². The zero-order valence-corrected chi connectivity index (χ0v) is 16.1. The first-order valence-electron chi connectivity index (χ1n) is 9.82. The van der Waals surface area contributed by atoms with E-state index in [1.165, 1.54) is 6.20 Å². The van der Waals surface area contributed by atoms with Crippen LogP contribution in [0.3, 0.4) is 0 Å². The lowest BCUT2D eigenvalue weighted by molar-refractivity contribution is -0.111. The van der Waals surface area contributed by atoms with E-state index in [9.17, 15) is 9.18 Å². The summed E-state index contributed by atoms with van der Waals surface area (Å²) in [5.41, 5.74) is 2.61. The van der Waals surface area contributed by atoms with E-state index in [4.69, 9.17) is 0 Å². The second-order valence-corrected chi connectivity index (χ2v) is 7.41. The molecule has 2 aromatic rings. The van der Waals surface area contributed by atoms with Crippen LogP contribution in [0.25, 0.3) is 11.3 Å². The molecule has 4 rings (SSSR count). The predicted molar refractivity (Wildman–Crippen MR) is 113 cm³/mol. The van der Waals surface area contributed by atoms with Crippen LogP contribution in [-0.4, -0.2) is 22.3 Å². The molecule has 2 aliphatic rings. The summed E-state index contributed by atoms with van der Waals surface area (Å²) >= 11 is 0. The van der Waals surface area contributed by atoms with Gasteiger partial charge >= 0.3 is 0 Å². The van der Waals surface area contributed by atoms with Crippen molar-refractivity contribution in [2.24, 2.45) is 5.92 Å². The van der Waals surface area contributed by atoms with E-state index in [-0.39, 0.29) is 17.7 Å². The lowest BCUT2D eigenvalue weighted by Crippen LogP contribution is -2.28. The molecular weight excluding hydrogens is 367 g/mol. The summed E-state index contributed by atoms with van der Waals surface area (Å²) in [4.78, 5) is 21.6. The smallest absolute Gasteiger partial charge is 0.223 e. The zero-order chi connectivity index (χ0) is 20.2. The maximum absolute atomic E-state index is 14.5. The lowest BCUT2D eigenvalue weighted by Gasteiger charge is -2.26. The number of aromatic nitrogens is 2. The zero-order valence-electron chi connectivity index (χ0n) is 16.1. The summed E-state index contributed by atoms with van der Waals surface area (Å²) in [6, 6.07) is 7.64. The van der Waals surface area contributed by atoms with Crippen molar-refractivity contribution in [3.63, 3.8) is 0 Å². The van der Waals surface area contributed by atoms with E-state index >= 15 is 0 Å². The Bertz CT molecular complexity index is 985. The fraction of sp³-hybridized carbons (Fsp3) is 0.261. The second-order valence-electron chi connectivity index (χ2n) is 7.41. The standard InChI is InChI=1S/C23H23FN4O/c1-16-6-2-3-11-28(16)20-10-5-8-18(13-20)22-21(24)14-25-23(27-22)26-19-9-4-7-17(12-19)15-29/h2-3,5-6,8,10-11,13-15,17,19H,1,4,7,9,12H2,(H,25,26,27). The Morgan fingerprint density at radius 3 is 3.00 bits per heavy atom. The largest absolute Gasteiger partial charge is 0.351 e. The third-order valence-electron chi connectivity index (χ3n) is 5.33. The number of rotatable bonds is 5. The quantitative estimate of drug-likeness (QED) is 0.739. The van der Waals surface area contributed by atoms with Crippen molar-refractivity contribution in [2.75, 3.05) is 10.2 Å². The number of carbonyl (C=O) groups is 1. The van der Waals surface area contributed by atoms with Crippen molar-refractivity contribution in [1.29, 1.82) is 0 Å². The minimum atomic E-state index is -0.477. The Hall–Kier alpha value is -3.28. The molecule has 6 heteroatoms. The van der Waals surface area contributed by atoms with E-state index in [1.807, 2.05) is 53.6 Å². The minimum absolute atomic E-state index is 0.0672. The highest BCUT2D eigenvalue weighted by molar-refractivity contribution is 5.70. The van der Waals surface area contributed by atoms with Crippen LogP contribution in [-0.2, 0) is 4.79 Å². The number of anilines is 2. The lowest BCUT2D eigenvalue weighted by atomic mass is 9.87. The molecule has 1 aromatic carbocycles. The normalized spacial score (nSPS) is 21.3. The number of carbonyl (C=O) groups excluding carboxylic acids is 1. The third kappa shape index (κ3) is 4.26. The summed E-state index contributed by atoms with van der Waals surface area (Å²) in [5, 5.41) is 3.27. The molecule has 2 unspecified atom stereocenters. The van der Waals surface area contributed by atoms with Crippen LogP contribution < -0.4 is 10.2 Å². The highest BCUT2D eigenvalue weighted by atomic mass is 19.1. The second kappa shape index (κ2) is 8.39. The van der Waals surface area contributed by atoms with Crippen molar-refractivity contribution in [1.82, 2.24) is 9.97 Å². The van der Waals surface area contributed by atoms with Gasteiger partial charge in [0.05, 0.1) is 6.20 Å². The number of aldehydes is 1. The number of halogens is 1. The molecule has 1 aliphatic heterocycles. The molecule has 0 saturated heterocycles. The van der Waals surface area contributed by atoms with Gasteiger partial charge in [-0.2, -0.15) is 0 Å².